The molecule has 0 saturated carbocycles. The van der Waals surface area contributed by atoms with Gasteiger partial charge in [0.2, 0.25) is 15.9 Å². The minimum absolute atomic E-state index is 0.0421. The summed E-state index contributed by atoms with van der Waals surface area (Å²) >= 11 is 0. The highest BCUT2D eigenvalue weighted by molar-refractivity contribution is 7.89. The first-order valence-corrected chi connectivity index (χ1v) is 12.5. The molecular weight excluding hydrogens is 480 g/mol. The Kier molecular flexibility index (Phi) is 8.90. The number of ether oxygens (including phenoxy) is 1. The predicted molar refractivity (Wildman–Crippen MR) is 135 cm³/mol. The van der Waals surface area contributed by atoms with Gasteiger partial charge in [0.25, 0.3) is 11.7 Å². The number of hydrogen-bond acceptors (Lipinski definition) is 4. The zero-order valence-corrected chi connectivity index (χ0v) is 20.4. The quantitative estimate of drug-likeness (QED) is 0.118. The van der Waals surface area contributed by atoms with Gasteiger partial charge in [0.05, 0.1) is 29.2 Å². The van der Waals surface area contributed by atoms with Gasteiger partial charge in [-0.1, -0.05) is 42.5 Å². The number of nitrogens with two attached hydrogens (primary N) is 4. The van der Waals surface area contributed by atoms with Crippen molar-refractivity contribution in [2.24, 2.45) is 11.5 Å². The summed E-state index contributed by atoms with van der Waals surface area (Å²) in [6.07, 6.45) is 0. The van der Waals surface area contributed by atoms with Crippen LogP contribution in [0.1, 0.15) is 22.3 Å². The molecule has 0 spiro atoms. The zero-order valence-electron chi connectivity index (χ0n) is 19.6. The Labute approximate surface area is 209 Å². The molecule has 0 radical (unpaired) electrons. The molecule has 0 aromatic heterocycles. The van der Waals surface area contributed by atoms with Crippen LogP contribution in [0.15, 0.2) is 83.8 Å². The summed E-state index contributed by atoms with van der Waals surface area (Å²) in [5.74, 6) is -0.286. The van der Waals surface area contributed by atoms with Crippen molar-refractivity contribution < 1.29 is 28.8 Å². The number of carbonyl (C=O) groups is 1. The van der Waals surface area contributed by atoms with E-state index in [1.54, 1.807) is 24.3 Å². The number of amides is 1. The average molecular weight is 511 g/mol. The van der Waals surface area contributed by atoms with Crippen LogP contribution < -0.4 is 32.3 Å². The number of amidine groups is 2. The van der Waals surface area contributed by atoms with Gasteiger partial charge in [-0.25, -0.2) is 8.42 Å². The molecule has 10 N–H and O–H groups in total. The maximum absolute atomic E-state index is 13.0. The van der Waals surface area contributed by atoms with Gasteiger partial charge in [0.15, 0.2) is 0 Å². The van der Waals surface area contributed by atoms with Crippen molar-refractivity contribution in [2.45, 2.75) is 24.1 Å². The molecule has 0 bridgehead atoms. The summed E-state index contributed by atoms with van der Waals surface area (Å²) < 4.78 is 34.1. The smallest absolute Gasteiger partial charge is 0.270 e. The molecule has 10 nitrogen and oxygen atoms in total. The molecule has 0 saturated heterocycles. The molecule has 36 heavy (non-hydrogen) atoms. The van der Waals surface area contributed by atoms with E-state index in [1.807, 2.05) is 30.3 Å². The van der Waals surface area contributed by atoms with E-state index in [2.05, 4.69) is 10.0 Å². The van der Waals surface area contributed by atoms with E-state index in [4.69, 9.17) is 27.0 Å². The van der Waals surface area contributed by atoms with Gasteiger partial charge in [-0.15, -0.1) is 0 Å². The van der Waals surface area contributed by atoms with Crippen LogP contribution in [0.2, 0.25) is 0 Å². The van der Waals surface area contributed by atoms with Crippen LogP contribution in [0, 0.1) is 0 Å². The molecule has 1 amide bonds. The summed E-state index contributed by atoms with van der Waals surface area (Å²) in [5, 5.41) is 13.9. The summed E-state index contributed by atoms with van der Waals surface area (Å²) in [7, 11) is -4.05. The van der Waals surface area contributed by atoms with Gasteiger partial charge in [-0.05, 0) is 47.5 Å². The molecule has 0 aliphatic heterocycles. The number of rotatable bonds is 12. The molecule has 3 aromatic carbocycles. The minimum atomic E-state index is -4.05. The first kappa shape index (κ1) is 26.5. The number of nitrogens with one attached hydrogen (secondary N) is 2. The first-order valence-electron chi connectivity index (χ1n) is 11.0. The average Bonchev–Trinajstić information content (AvgIpc) is 2.87. The highest BCUT2D eigenvalue weighted by Crippen LogP contribution is 2.12. The lowest BCUT2D eigenvalue weighted by atomic mass is 10.1. The van der Waals surface area contributed by atoms with Crippen molar-refractivity contribution >= 4 is 27.6 Å². The second kappa shape index (κ2) is 12.1. The maximum atomic E-state index is 13.0. The van der Waals surface area contributed by atoms with Gasteiger partial charge in [0.1, 0.15) is 6.04 Å². The SMILES string of the molecule is NC(=[NH2+])c1ccc(CNC(=O)[C@@H](COCc2ccccc2)NS(=O)(=O)c2ccc(C(N)=[NH2+])cc2)cc1. The van der Waals surface area contributed by atoms with E-state index in [0.29, 0.717) is 11.1 Å². The van der Waals surface area contributed by atoms with Crippen molar-refractivity contribution in [3.05, 3.63) is 101 Å². The van der Waals surface area contributed by atoms with Gasteiger partial charge >= 0.3 is 0 Å². The molecule has 3 aromatic rings. The van der Waals surface area contributed by atoms with Crippen molar-refractivity contribution in [1.82, 2.24) is 10.0 Å². The van der Waals surface area contributed by atoms with E-state index in [0.717, 1.165) is 11.1 Å². The Morgan fingerprint density at radius 1 is 0.833 bits per heavy atom. The normalized spacial score (nSPS) is 12.0. The van der Waals surface area contributed by atoms with Gasteiger partial charge in [-0.3, -0.25) is 27.1 Å². The molecule has 0 fully saturated rings. The van der Waals surface area contributed by atoms with Gasteiger partial charge in [-0.2, -0.15) is 4.72 Å². The topological polar surface area (TPSA) is 188 Å². The van der Waals surface area contributed by atoms with Crippen molar-refractivity contribution in [3.8, 4) is 0 Å². The third kappa shape index (κ3) is 7.47. The first-order chi connectivity index (χ1) is 17.2. The van der Waals surface area contributed by atoms with Crippen LogP contribution in [0.25, 0.3) is 0 Å². The molecule has 0 unspecified atom stereocenters. The summed E-state index contributed by atoms with van der Waals surface area (Å²) in [6.45, 7) is 0.200. The molecule has 188 valence electrons. The monoisotopic (exact) mass is 510 g/mol. The lowest BCUT2D eigenvalue weighted by Gasteiger charge is -2.19. The Morgan fingerprint density at radius 2 is 1.39 bits per heavy atom. The fourth-order valence-corrected chi connectivity index (χ4v) is 4.42. The summed E-state index contributed by atoms with van der Waals surface area (Å²) in [6, 6.07) is 20.8. The third-order valence-electron chi connectivity index (χ3n) is 5.26. The van der Waals surface area contributed by atoms with Crippen LogP contribution in [-0.2, 0) is 32.7 Å². The molecule has 1 atom stereocenters. The molecular formula is C25H30N6O4S+2. The van der Waals surface area contributed by atoms with Crippen molar-refractivity contribution in [3.63, 3.8) is 0 Å². The van der Waals surface area contributed by atoms with E-state index < -0.39 is 22.0 Å². The van der Waals surface area contributed by atoms with Crippen LogP contribution in [0.4, 0.5) is 0 Å². The highest BCUT2D eigenvalue weighted by Gasteiger charge is 2.26. The third-order valence-corrected chi connectivity index (χ3v) is 6.75. The fourth-order valence-electron chi connectivity index (χ4n) is 3.24. The highest BCUT2D eigenvalue weighted by atomic mass is 32.2. The van der Waals surface area contributed by atoms with Gasteiger partial charge in [0, 0.05) is 6.54 Å². The van der Waals surface area contributed by atoms with E-state index in [1.165, 1.54) is 24.3 Å². The Bertz CT molecular complexity index is 1310. The summed E-state index contributed by atoms with van der Waals surface area (Å²) in [4.78, 5) is 12.9. The van der Waals surface area contributed by atoms with E-state index >= 15 is 0 Å². The maximum Gasteiger partial charge on any atom is 0.270 e. The molecule has 0 aliphatic carbocycles. The number of carbonyl (C=O) groups excluding carboxylic acids is 1. The predicted octanol–water partition coefficient (Wildman–Crippen LogP) is -2.20. The Hall–Kier alpha value is -4.06. The van der Waals surface area contributed by atoms with E-state index in [-0.39, 0.29) is 36.3 Å². The van der Waals surface area contributed by atoms with Crippen LogP contribution >= 0.6 is 0 Å². The Balaban J connectivity index is 1.71. The lowest BCUT2D eigenvalue weighted by molar-refractivity contribution is -0.124. The second-order valence-electron chi connectivity index (χ2n) is 8.02. The molecule has 0 heterocycles. The number of hydrogen-bond donors (Lipinski definition) is 6. The zero-order chi connectivity index (χ0) is 26.1. The van der Waals surface area contributed by atoms with E-state index in [9.17, 15) is 13.2 Å². The molecule has 11 heteroatoms. The van der Waals surface area contributed by atoms with Crippen LogP contribution in [0.3, 0.4) is 0 Å². The molecule has 0 aliphatic rings. The van der Waals surface area contributed by atoms with Crippen molar-refractivity contribution in [1.29, 1.82) is 0 Å². The number of benzene rings is 3. The standard InChI is InChI=1S/C25H28N6O4S/c26-23(27)19-8-6-17(7-9-19)14-30-25(32)22(16-35-15-18-4-2-1-3-5-18)31-36(33,34)21-12-10-20(11-13-21)24(28)29/h1-13,22,31H,14-16H2,(H3,26,27)(H3,28,29)(H,30,32)/p+2/t22-/m1/s1. The van der Waals surface area contributed by atoms with Crippen LogP contribution in [-0.4, -0.2) is 38.6 Å². The molecule has 3 rings (SSSR count). The van der Waals surface area contributed by atoms with Crippen LogP contribution in [0.5, 0.6) is 0 Å². The largest absolute Gasteiger partial charge is 0.375 e. The summed E-state index contributed by atoms with van der Waals surface area (Å²) in [5.41, 5.74) is 14.0. The minimum Gasteiger partial charge on any atom is -0.375 e. The lowest BCUT2D eigenvalue weighted by Crippen LogP contribution is -2.49. The second-order valence-corrected chi connectivity index (χ2v) is 9.74. The van der Waals surface area contributed by atoms with Crippen molar-refractivity contribution in [2.75, 3.05) is 6.61 Å². The Morgan fingerprint density at radius 3 is 1.94 bits per heavy atom. The fraction of sp³-hybridized carbons (Fsp3) is 0.160. The number of sulfonamides is 1. The van der Waals surface area contributed by atoms with Gasteiger partial charge < -0.3 is 10.1 Å².